The predicted molar refractivity (Wildman–Crippen MR) is 40.5 cm³/mol. The van der Waals surface area contributed by atoms with E-state index in [0.717, 1.165) is 0 Å². The van der Waals surface area contributed by atoms with Crippen LogP contribution in [0.1, 0.15) is 19.8 Å². The highest BCUT2D eigenvalue weighted by atomic mass is 16.5. The van der Waals surface area contributed by atoms with Crippen molar-refractivity contribution in [2.75, 3.05) is 7.11 Å². The average molecular weight is 172 g/mol. The maximum Gasteiger partial charge on any atom is 0.310 e. The summed E-state index contributed by atoms with van der Waals surface area (Å²) in [6, 6.07) is 0. The first-order chi connectivity index (χ1) is 5.52. The third-order valence-corrected chi connectivity index (χ3v) is 2.70. The Morgan fingerprint density at radius 1 is 1.58 bits per heavy atom. The Kier molecular flexibility index (Phi) is 2.08. The van der Waals surface area contributed by atoms with Crippen LogP contribution in [0.2, 0.25) is 0 Å². The van der Waals surface area contributed by atoms with E-state index in [-0.39, 0.29) is 0 Å². The predicted octanol–water partition coefficient (Wildman–Crippen LogP) is 0.660. The highest BCUT2D eigenvalue weighted by Gasteiger charge is 2.53. The number of carbonyl (C=O) groups excluding carboxylic acids is 1. The summed E-state index contributed by atoms with van der Waals surface area (Å²) >= 11 is 0. The minimum absolute atomic E-state index is 0.411. The molecule has 1 aliphatic carbocycles. The Balaban J connectivity index is 2.71. The van der Waals surface area contributed by atoms with Crippen molar-refractivity contribution in [2.45, 2.75) is 19.8 Å². The topological polar surface area (TPSA) is 63.6 Å². The second-order valence-corrected chi connectivity index (χ2v) is 3.34. The van der Waals surface area contributed by atoms with E-state index in [4.69, 9.17) is 5.11 Å². The third-order valence-electron chi connectivity index (χ3n) is 2.70. The van der Waals surface area contributed by atoms with Gasteiger partial charge in [0.25, 0.3) is 0 Å². The molecule has 0 aromatic heterocycles. The molecular formula is C8H12O4. The molecule has 0 aromatic rings. The lowest BCUT2D eigenvalue weighted by molar-refractivity contribution is -0.173. The van der Waals surface area contributed by atoms with Crippen molar-refractivity contribution >= 4 is 11.9 Å². The van der Waals surface area contributed by atoms with Crippen molar-refractivity contribution in [1.82, 2.24) is 0 Å². The molecule has 2 atom stereocenters. The van der Waals surface area contributed by atoms with Crippen molar-refractivity contribution < 1.29 is 19.4 Å². The second kappa shape index (κ2) is 2.77. The van der Waals surface area contributed by atoms with E-state index in [9.17, 15) is 9.59 Å². The minimum atomic E-state index is -0.913. The molecular weight excluding hydrogens is 160 g/mol. The fourth-order valence-corrected chi connectivity index (χ4v) is 1.50. The van der Waals surface area contributed by atoms with Crippen LogP contribution < -0.4 is 0 Å². The quantitative estimate of drug-likeness (QED) is 0.621. The fraction of sp³-hybridized carbons (Fsp3) is 0.750. The minimum Gasteiger partial charge on any atom is -0.481 e. The van der Waals surface area contributed by atoms with Crippen LogP contribution in [0.25, 0.3) is 0 Å². The zero-order valence-corrected chi connectivity index (χ0v) is 7.16. The molecule has 68 valence electrons. The maximum absolute atomic E-state index is 11.0. The lowest BCUT2D eigenvalue weighted by Gasteiger charge is -2.41. The lowest BCUT2D eigenvalue weighted by Crippen LogP contribution is -2.48. The summed E-state index contributed by atoms with van der Waals surface area (Å²) < 4.78 is 4.50. The van der Waals surface area contributed by atoms with Crippen LogP contribution in [0, 0.1) is 11.3 Å². The van der Waals surface area contributed by atoms with Gasteiger partial charge < -0.3 is 9.84 Å². The molecule has 0 aliphatic heterocycles. The molecule has 0 radical (unpaired) electrons. The zero-order chi connectivity index (χ0) is 9.35. The van der Waals surface area contributed by atoms with Crippen LogP contribution in [0.15, 0.2) is 0 Å². The zero-order valence-electron chi connectivity index (χ0n) is 7.16. The molecule has 12 heavy (non-hydrogen) atoms. The second-order valence-electron chi connectivity index (χ2n) is 3.34. The summed E-state index contributed by atoms with van der Waals surface area (Å²) in [7, 11) is 1.28. The van der Waals surface area contributed by atoms with Crippen LogP contribution in [0.4, 0.5) is 0 Å². The molecule has 1 rings (SSSR count). The van der Waals surface area contributed by atoms with Gasteiger partial charge >= 0.3 is 11.9 Å². The Labute approximate surface area is 70.5 Å². The smallest absolute Gasteiger partial charge is 0.310 e. The van der Waals surface area contributed by atoms with E-state index < -0.39 is 23.3 Å². The molecule has 0 heterocycles. The van der Waals surface area contributed by atoms with Gasteiger partial charge in [0.05, 0.1) is 18.4 Å². The summed E-state index contributed by atoms with van der Waals surface area (Å²) in [5, 5.41) is 8.80. The molecule has 1 N–H and O–H groups in total. The Morgan fingerprint density at radius 3 is 2.42 bits per heavy atom. The lowest BCUT2D eigenvalue weighted by atomic mass is 9.61. The van der Waals surface area contributed by atoms with Crippen LogP contribution in [-0.2, 0) is 14.3 Å². The normalized spacial score (nSPS) is 33.7. The van der Waals surface area contributed by atoms with Gasteiger partial charge in [0.2, 0.25) is 0 Å². The third kappa shape index (κ3) is 1.07. The maximum atomic E-state index is 11.0. The standard InChI is InChI=1S/C8H12O4/c1-8(7(10)11)4-3-5(8)6(9)12-2/h5H,3-4H2,1-2H3,(H,10,11)/t5-,8-/m0/s1. The van der Waals surface area contributed by atoms with Gasteiger partial charge in [-0.05, 0) is 19.8 Å². The number of hydrogen-bond donors (Lipinski definition) is 1. The monoisotopic (exact) mass is 172 g/mol. The van der Waals surface area contributed by atoms with Gasteiger partial charge in [-0.25, -0.2) is 0 Å². The number of hydrogen-bond acceptors (Lipinski definition) is 3. The summed E-state index contributed by atoms with van der Waals surface area (Å²) in [6.07, 6.45) is 1.18. The van der Waals surface area contributed by atoms with Crippen molar-refractivity contribution in [2.24, 2.45) is 11.3 Å². The highest BCUT2D eigenvalue weighted by molar-refractivity contribution is 5.85. The number of methoxy groups -OCH3 is 1. The molecule has 1 fully saturated rings. The molecule has 0 spiro atoms. The number of carboxylic acid groups (broad SMARTS) is 1. The first-order valence-electron chi connectivity index (χ1n) is 3.83. The molecule has 0 amide bonds. The van der Waals surface area contributed by atoms with E-state index in [1.165, 1.54) is 7.11 Å². The summed E-state index contributed by atoms with van der Waals surface area (Å²) in [5.74, 6) is -1.78. The van der Waals surface area contributed by atoms with E-state index >= 15 is 0 Å². The fourth-order valence-electron chi connectivity index (χ4n) is 1.50. The van der Waals surface area contributed by atoms with Gasteiger partial charge in [-0.2, -0.15) is 0 Å². The van der Waals surface area contributed by atoms with E-state index in [2.05, 4.69) is 4.74 Å². The van der Waals surface area contributed by atoms with Gasteiger partial charge in [-0.3, -0.25) is 9.59 Å². The molecule has 0 bridgehead atoms. The number of ether oxygens (including phenoxy) is 1. The van der Waals surface area contributed by atoms with E-state index in [1.807, 2.05) is 0 Å². The van der Waals surface area contributed by atoms with E-state index in [0.29, 0.717) is 12.8 Å². The first-order valence-corrected chi connectivity index (χ1v) is 3.83. The number of esters is 1. The van der Waals surface area contributed by atoms with Gasteiger partial charge in [0.15, 0.2) is 0 Å². The van der Waals surface area contributed by atoms with Crippen LogP contribution >= 0.6 is 0 Å². The highest BCUT2D eigenvalue weighted by Crippen LogP contribution is 2.47. The summed E-state index contributed by atoms with van der Waals surface area (Å²) in [5.41, 5.74) is -0.896. The average Bonchev–Trinajstić information content (AvgIpc) is 2.00. The van der Waals surface area contributed by atoms with Crippen molar-refractivity contribution in [3.63, 3.8) is 0 Å². The summed E-state index contributed by atoms with van der Waals surface area (Å²) in [4.78, 5) is 21.8. The van der Waals surface area contributed by atoms with Gasteiger partial charge in [0, 0.05) is 0 Å². The number of carbonyl (C=O) groups is 2. The molecule has 4 nitrogen and oxygen atoms in total. The SMILES string of the molecule is COC(=O)[C@@H]1CC[C@]1(C)C(=O)O. The van der Waals surface area contributed by atoms with Crippen molar-refractivity contribution in [3.05, 3.63) is 0 Å². The number of rotatable bonds is 2. The first kappa shape index (κ1) is 9.03. The number of aliphatic carboxylic acids is 1. The van der Waals surface area contributed by atoms with Crippen LogP contribution in [-0.4, -0.2) is 24.2 Å². The summed E-state index contributed by atoms with van der Waals surface area (Å²) in [6.45, 7) is 1.58. The molecule has 0 aromatic carbocycles. The van der Waals surface area contributed by atoms with Crippen LogP contribution in [0.5, 0.6) is 0 Å². The molecule has 0 saturated heterocycles. The van der Waals surface area contributed by atoms with Gasteiger partial charge in [-0.1, -0.05) is 0 Å². The Morgan fingerprint density at radius 2 is 2.17 bits per heavy atom. The Hall–Kier alpha value is -1.06. The van der Waals surface area contributed by atoms with Gasteiger partial charge in [0.1, 0.15) is 0 Å². The Bertz CT molecular complexity index is 223. The molecule has 4 heteroatoms. The van der Waals surface area contributed by atoms with Crippen LogP contribution in [0.3, 0.4) is 0 Å². The largest absolute Gasteiger partial charge is 0.481 e. The molecule has 0 unspecified atom stereocenters. The van der Waals surface area contributed by atoms with Crippen molar-refractivity contribution in [3.8, 4) is 0 Å². The molecule has 1 aliphatic rings. The van der Waals surface area contributed by atoms with E-state index in [1.54, 1.807) is 6.92 Å². The number of carboxylic acids is 1. The van der Waals surface area contributed by atoms with Gasteiger partial charge in [-0.15, -0.1) is 0 Å². The molecule has 1 saturated carbocycles. The van der Waals surface area contributed by atoms with Crippen molar-refractivity contribution in [1.29, 1.82) is 0 Å².